The van der Waals surface area contributed by atoms with Gasteiger partial charge in [-0.2, -0.15) is 5.10 Å². The Morgan fingerprint density at radius 3 is 3.29 bits per heavy atom. The average molecular weight is 300 g/mol. The number of nitrogens with one attached hydrogen (secondary N) is 2. The second-order valence-corrected chi connectivity index (χ2v) is 6.92. The molecular formula is C16H20N4S. The molecule has 5 heteroatoms. The number of nitrogens with zero attached hydrogens (tertiary/aromatic N) is 2. The average Bonchev–Trinajstić information content (AvgIpc) is 3.00. The van der Waals surface area contributed by atoms with Gasteiger partial charge in [0.1, 0.15) is 5.82 Å². The van der Waals surface area contributed by atoms with E-state index in [2.05, 4.69) is 44.7 Å². The summed E-state index contributed by atoms with van der Waals surface area (Å²) in [6.45, 7) is 3.07. The molecular weight excluding hydrogens is 280 g/mol. The second-order valence-electron chi connectivity index (χ2n) is 5.78. The van der Waals surface area contributed by atoms with Gasteiger partial charge in [0.25, 0.3) is 0 Å². The summed E-state index contributed by atoms with van der Waals surface area (Å²) in [5.41, 5.74) is 1.47. The Labute approximate surface area is 129 Å². The molecule has 3 heterocycles. The van der Waals surface area contributed by atoms with Gasteiger partial charge in [-0.3, -0.25) is 0 Å². The van der Waals surface area contributed by atoms with Crippen LogP contribution in [-0.4, -0.2) is 28.6 Å². The van der Waals surface area contributed by atoms with Gasteiger partial charge < -0.3 is 10.6 Å². The summed E-state index contributed by atoms with van der Waals surface area (Å²) >= 11 is 1.98. The molecule has 2 aliphatic rings. The molecule has 0 spiro atoms. The normalized spacial score (nSPS) is 24.0. The first-order valence-corrected chi connectivity index (χ1v) is 8.59. The van der Waals surface area contributed by atoms with Gasteiger partial charge in [0, 0.05) is 42.6 Å². The SMILES string of the molecule is c1ccc2c(c1)SCC[C@@H]2NC[C@@H]1CNc2ccnn2C1. The molecule has 4 nitrogen and oxygen atoms in total. The van der Waals surface area contributed by atoms with Crippen molar-refractivity contribution in [3.05, 3.63) is 42.1 Å². The molecule has 2 aliphatic heterocycles. The van der Waals surface area contributed by atoms with E-state index in [1.165, 1.54) is 22.6 Å². The van der Waals surface area contributed by atoms with Crippen LogP contribution in [0, 0.1) is 5.92 Å². The Morgan fingerprint density at radius 2 is 2.29 bits per heavy atom. The summed E-state index contributed by atoms with van der Waals surface area (Å²) < 4.78 is 2.07. The minimum absolute atomic E-state index is 0.501. The number of hydrogen-bond acceptors (Lipinski definition) is 4. The van der Waals surface area contributed by atoms with E-state index in [0.29, 0.717) is 12.0 Å². The zero-order valence-electron chi connectivity index (χ0n) is 12.0. The second kappa shape index (κ2) is 5.73. The molecule has 1 aromatic heterocycles. The summed E-state index contributed by atoms with van der Waals surface area (Å²) in [4.78, 5) is 1.44. The van der Waals surface area contributed by atoms with Gasteiger partial charge in [0.15, 0.2) is 0 Å². The quantitative estimate of drug-likeness (QED) is 0.914. The summed E-state index contributed by atoms with van der Waals surface area (Å²) in [6, 6.07) is 11.3. The molecule has 0 amide bonds. The Morgan fingerprint density at radius 1 is 1.33 bits per heavy atom. The molecule has 0 bridgehead atoms. The summed E-state index contributed by atoms with van der Waals surface area (Å²) in [6.07, 6.45) is 3.08. The molecule has 0 unspecified atom stereocenters. The fourth-order valence-corrected chi connectivity index (χ4v) is 4.31. The third kappa shape index (κ3) is 2.68. The molecule has 0 aliphatic carbocycles. The van der Waals surface area contributed by atoms with E-state index in [9.17, 15) is 0 Å². The first-order valence-electron chi connectivity index (χ1n) is 7.61. The van der Waals surface area contributed by atoms with E-state index >= 15 is 0 Å². The van der Waals surface area contributed by atoms with Crippen molar-refractivity contribution in [3.8, 4) is 0 Å². The highest BCUT2D eigenvalue weighted by molar-refractivity contribution is 7.99. The summed E-state index contributed by atoms with van der Waals surface area (Å²) in [5.74, 6) is 2.95. The van der Waals surface area contributed by atoms with Gasteiger partial charge in [-0.25, -0.2) is 4.68 Å². The van der Waals surface area contributed by atoms with Crippen molar-refractivity contribution in [1.82, 2.24) is 15.1 Å². The van der Waals surface area contributed by atoms with Gasteiger partial charge in [-0.15, -0.1) is 11.8 Å². The molecule has 0 fully saturated rings. The molecule has 4 rings (SSSR count). The van der Waals surface area contributed by atoms with E-state index in [4.69, 9.17) is 0 Å². The molecule has 110 valence electrons. The van der Waals surface area contributed by atoms with Crippen molar-refractivity contribution in [2.75, 3.05) is 24.2 Å². The minimum Gasteiger partial charge on any atom is -0.370 e. The number of thioether (sulfide) groups is 1. The summed E-state index contributed by atoms with van der Waals surface area (Å²) in [5, 5.41) is 11.6. The zero-order chi connectivity index (χ0) is 14.1. The molecule has 2 N–H and O–H groups in total. The van der Waals surface area contributed by atoms with Crippen LogP contribution in [0.1, 0.15) is 18.0 Å². The molecule has 0 radical (unpaired) electrons. The van der Waals surface area contributed by atoms with E-state index in [1.807, 2.05) is 24.0 Å². The van der Waals surface area contributed by atoms with E-state index < -0.39 is 0 Å². The highest BCUT2D eigenvalue weighted by Crippen LogP contribution is 2.35. The largest absolute Gasteiger partial charge is 0.370 e. The number of hydrogen-bond donors (Lipinski definition) is 2. The van der Waals surface area contributed by atoms with E-state index in [1.54, 1.807) is 0 Å². The molecule has 2 atom stereocenters. The van der Waals surface area contributed by atoms with Crippen molar-refractivity contribution in [1.29, 1.82) is 0 Å². The molecule has 1 aromatic carbocycles. The maximum atomic E-state index is 4.36. The predicted octanol–water partition coefficient (Wildman–Crippen LogP) is 2.75. The smallest absolute Gasteiger partial charge is 0.124 e. The lowest BCUT2D eigenvalue weighted by Crippen LogP contribution is -2.37. The van der Waals surface area contributed by atoms with Crippen LogP contribution in [0.3, 0.4) is 0 Å². The Hall–Kier alpha value is -1.46. The Bertz CT molecular complexity index is 624. The van der Waals surface area contributed by atoms with Crippen molar-refractivity contribution in [2.45, 2.75) is 23.9 Å². The monoisotopic (exact) mass is 300 g/mol. The first-order chi connectivity index (χ1) is 10.4. The summed E-state index contributed by atoms with van der Waals surface area (Å²) in [7, 11) is 0. The Balaban J connectivity index is 1.40. The van der Waals surface area contributed by atoms with Crippen LogP contribution in [0.4, 0.5) is 5.82 Å². The Kier molecular flexibility index (Phi) is 3.61. The highest BCUT2D eigenvalue weighted by atomic mass is 32.2. The highest BCUT2D eigenvalue weighted by Gasteiger charge is 2.23. The number of benzene rings is 1. The lowest BCUT2D eigenvalue weighted by molar-refractivity contribution is 0.366. The van der Waals surface area contributed by atoms with Crippen LogP contribution >= 0.6 is 11.8 Å². The lowest BCUT2D eigenvalue weighted by Gasteiger charge is -2.30. The van der Waals surface area contributed by atoms with Gasteiger partial charge in [-0.05, 0) is 23.8 Å². The number of aromatic nitrogens is 2. The van der Waals surface area contributed by atoms with Crippen molar-refractivity contribution < 1.29 is 0 Å². The van der Waals surface area contributed by atoms with Crippen LogP contribution in [-0.2, 0) is 6.54 Å². The van der Waals surface area contributed by atoms with Gasteiger partial charge in [-0.1, -0.05) is 18.2 Å². The van der Waals surface area contributed by atoms with E-state index in [-0.39, 0.29) is 0 Å². The number of fused-ring (bicyclic) bond motifs is 2. The fraction of sp³-hybridized carbons (Fsp3) is 0.438. The molecule has 0 saturated heterocycles. The maximum absolute atomic E-state index is 4.36. The van der Waals surface area contributed by atoms with Crippen molar-refractivity contribution in [3.63, 3.8) is 0 Å². The van der Waals surface area contributed by atoms with Crippen LogP contribution in [0.2, 0.25) is 0 Å². The van der Waals surface area contributed by atoms with Crippen molar-refractivity contribution >= 4 is 17.6 Å². The van der Waals surface area contributed by atoms with Crippen molar-refractivity contribution in [2.24, 2.45) is 5.92 Å². The zero-order valence-corrected chi connectivity index (χ0v) is 12.8. The van der Waals surface area contributed by atoms with Gasteiger partial charge in [0.05, 0.1) is 6.20 Å². The molecule has 2 aromatic rings. The first kappa shape index (κ1) is 13.2. The molecule has 0 saturated carbocycles. The predicted molar refractivity (Wildman–Crippen MR) is 86.7 cm³/mol. The van der Waals surface area contributed by atoms with Crippen LogP contribution in [0.15, 0.2) is 41.4 Å². The minimum atomic E-state index is 0.501. The van der Waals surface area contributed by atoms with Crippen LogP contribution < -0.4 is 10.6 Å². The number of rotatable bonds is 3. The van der Waals surface area contributed by atoms with Crippen LogP contribution in [0.5, 0.6) is 0 Å². The third-order valence-electron chi connectivity index (χ3n) is 4.33. The molecule has 21 heavy (non-hydrogen) atoms. The topological polar surface area (TPSA) is 41.9 Å². The van der Waals surface area contributed by atoms with Crippen LogP contribution in [0.25, 0.3) is 0 Å². The maximum Gasteiger partial charge on any atom is 0.124 e. The number of anilines is 1. The van der Waals surface area contributed by atoms with E-state index in [0.717, 1.165) is 25.5 Å². The fourth-order valence-electron chi connectivity index (χ4n) is 3.19. The lowest BCUT2D eigenvalue weighted by atomic mass is 10.0. The standard InChI is InChI=1S/C16H20N4S/c1-2-4-15-13(3-1)14(6-8-21-15)17-9-12-10-18-16-5-7-19-20(16)11-12/h1-5,7,12,14,17-18H,6,8-11H2/t12-,14+/m1/s1. The van der Waals surface area contributed by atoms with Gasteiger partial charge >= 0.3 is 0 Å². The van der Waals surface area contributed by atoms with Gasteiger partial charge in [0.2, 0.25) is 0 Å². The third-order valence-corrected chi connectivity index (χ3v) is 5.45.